The van der Waals surface area contributed by atoms with Gasteiger partial charge < -0.3 is 10.0 Å². The van der Waals surface area contributed by atoms with Gasteiger partial charge in [0.25, 0.3) is 0 Å². The lowest BCUT2D eigenvalue weighted by Gasteiger charge is -2.22. The van der Waals surface area contributed by atoms with Crippen molar-refractivity contribution in [2.75, 3.05) is 10.2 Å². The molecular formula is C15H13BrClNO2. The van der Waals surface area contributed by atoms with E-state index in [-0.39, 0.29) is 23.5 Å². The van der Waals surface area contributed by atoms with E-state index >= 15 is 0 Å². The summed E-state index contributed by atoms with van der Waals surface area (Å²) in [7, 11) is 0. The Bertz CT molecular complexity index is 604. The van der Waals surface area contributed by atoms with Crippen LogP contribution in [0.15, 0.2) is 48.5 Å². The van der Waals surface area contributed by atoms with E-state index in [4.69, 9.17) is 11.6 Å². The molecule has 1 amide bonds. The number of rotatable bonds is 4. The van der Waals surface area contributed by atoms with Gasteiger partial charge in [0, 0.05) is 16.3 Å². The van der Waals surface area contributed by atoms with E-state index in [1.165, 1.54) is 6.07 Å². The maximum absolute atomic E-state index is 12.1. The highest BCUT2D eigenvalue weighted by atomic mass is 79.9. The number of carbonyl (C=O) groups is 1. The lowest BCUT2D eigenvalue weighted by molar-refractivity contribution is -0.116. The number of amides is 1. The molecule has 0 aliphatic rings. The summed E-state index contributed by atoms with van der Waals surface area (Å²) in [5.74, 6) is 0.0354. The first-order valence-electron chi connectivity index (χ1n) is 6.00. The number of alkyl halides is 1. The number of para-hydroxylation sites is 1. The van der Waals surface area contributed by atoms with E-state index in [2.05, 4.69) is 15.9 Å². The number of anilines is 1. The smallest absolute Gasteiger partial charge is 0.237 e. The van der Waals surface area contributed by atoms with Crippen LogP contribution in [0.2, 0.25) is 5.02 Å². The Morgan fingerprint density at radius 3 is 2.55 bits per heavy atom. The Morgan fingerprint density at radius 1 is 1.20 bits per heavy atom. The Hall–Kier alpha value is -1.52. The highest BCUT2D eigenvalue weighted by Crippen LogP contribution is 2.25. The fourth-order valence-corrected chi connectivity index (χ4v) is 2.35. The molecule has 0 bridgehead atoms. The number of phenols is 1. The van der Waals surface area contributed by atoms with Crippen LogP contribution in [-0.4, -0.2) is 16.3 Å². The van der Waals surface area contributed by atoms with Crippen LogP contribution in [0.4, 0.5) is 5.69 Å². The SMILES string of the molecule is O=C(CBr)N(Cc1cc(Cl)ccc1O)c1ccccc1. The van der Waals surface area contributed by atoms with Crippen molar-refractivity contribution in [2.24, 2.45) is 0 Å². The van der Waals surface area contributed by atoms with Crippen LogP contribution in [0.1, 0.15) is 5.56 Å². The lowest BCUT2D eigenvalue weighted by Crippen LogP contribution is -2.31. The quantitative estimate of drug-likeness (QED) is 0.844. The van der Waals surface area contributed by atoms with Gasteiger partial charge >= 0.3 is 0 Å². The molecular weight excluding hydrogens is 342 g/mol. The minimum Gasteiger partial charge on any atom is -0.508 e. The molecule has 0 fully saturated rings. The van der Waals surface area contributed by atoms with Gasteiger partial charge in [-0.2, -0.15) is 0 Å². The first kappa shape index (κ1) is 14.9. The Morgan fingerprint density at radius 2 is 1.90 bits per heavy atom. The second kappa shape index (κ2) is 6.77. The monoisotopic (exact) mass is 353 g/mol. The van der Waals surface area contributed by atoms with Gasteiger partial charge in [-0.1, -0.05) is 45.7 Å². The lowest BCUT2D eigenvalue weighted by atomic mass is 10.1. The summed E-state index contributed by atoms with van der Waals surface area (Å²) in [5.41, 5.74) is 1.38. The predicted octanol–water partition coefficient (Wildman–Crippen LogP) is 3.97. The van der Waals surface area contributed by atoms with Gasteiger partial charge in [0.1, 0.15) is 5.75 Å². The third kappa shape index (κ3) is 3.52. The zero-order chi connectivity index (χ0) is 14.5. The van der Waals surface area contributed by atoms with Gasteiger partial charge in [0.2, 0.25) is 5.91 Å². The first-order valence-corrected chi connectivity index (χ1v) is 7.50. The number of halogens is 2. The topological polar surface area (TPSA) is 40.5 Å². The molecule has 0 aromatic heterocycles. The maximum atomic E-state index is 12.1. The van der Waals surface area contributed by atoms with E-state index in [1.54, 1.807) is 17.0 Å². The van der Waals surface area contributed by atoms with Gasteiger partial charge in [-0.25, -0.2) is 0 Å². The minimum absolute atomic E-state index is 0.0874. The van der Waals surface area contributed by atoms with Crippen molar-refractivity contribution in [1.82, 2.24) is 0 Å². The van der Waals surface area contributed by atoms with Crippen molar-refractivity contribution in [1.29, 1.82) is 0 Å². The molecule has 0 heterocycles. The summed E-state index contributed by atoms with van der Waals surface area (Å²) in [6.07, 6.45) is 0. The van der Waals surface area contributed by atoms with Crippen molar-refractivity contribution in [3.8, 4) is 5.75 Å². The Labute approximate surface area is 130 Å². The predicted molar refractivity (Wildman–Crippen MR) is 84.5 cm³/mol. The van der Waals surface area contributed by atoms with Crippen LogP contribution in [0.25, 0.3) is 0 Å². The molecule has 0 saturated carbocycles. The molecule has 2 aromatic carbocycles. The summed E-state index contributed by atoms with van der Waals surface area (Å²) in [5, 5.41) is 10.6. The van der Waals surface area contributed by atoms with Gasteiger partial charge in [-0.3, -0.25) is 4.79 Å². The summed E-state index contributed by atoms with van der Waals surface area (Å²) in [6.45, 7) is 0.265. The van der Waals surface area contributed by atoms with Gasteiger partial charge in [0.05, 0.1) is 11.9 Å². The Balaban J connectivity index is 2.34. The maximum Gasteiger partial charge on any atom is 0.237 e. The second-order valence-corrected chi connectivity index (χ2v) is 5.22. The summed E-state index contributed by atoms with van der Waals surface area (Å²) >= 11 is 9.12. The molecule has 2 aromatic rings. The first-order chi connectivity index (χ1) is 9.61. The van der Waals surface area contributed by atoms with E-state index in [9.17, 15) is 9.90 Å². The van der Waals surface area contributed by atoms with Gasteiger partial charge in [0.15, 0.2) is 0 Å². The second-order valence-electron chi connectivity index (χ2n) is 4.22. The van der Waals surface area contributed by atoms with E-state index in [0.717, 1.165) is 5.69 Å². The van der Waals surface area contributed by atoms with Crippen molar-refractivity contribution in [3.05, 3.63) is 59.1 Å². The standard InChI is InChI=1S/C15H13BrClNO2/c16-9-15(20)18(13-4-2-1-3-5-13)10-11-8-12(17)6-7-14(11)19/h1-8,19H,9-10H2. The molecule has 0 radical (unpaired) electrons. The van der Waals surface area contributed by atoms with Crippen LogP contribution in [0.3, 0.4) is 0 Å². The fraction of sp³-hybridized carbons (Fsp3) is 0.133. The number of nitrogens with zero attached hydrogens (tertiary/aromatic N) is 1. The van der Waals surface area contributed by atoms with Crippen molar-refractivity contribution in [3.63, 3.8) is 0 Å². The third-order valence-corrected chi connectivity index (χ3v) is 3.57. The molecule has 104 valence electrons. The molecule has 0 spiro atoms. The highest BCUT2D eigenvalue weighted by molar-refractivity contribution is 9.09. The van der Waals surface area contributed by atoms with Crippen LogP contribution in [0, 0.1) is 0 Å². The normalized spacial score (nSPS) is 10.3. The number of phenolic OH excluding ortho intramolecular Hbond substituents is 1. The molecule has 0 atom stereocenters. The van der Waals surface area contributed by atoms with Crippen molar-refractivity contribution in [2.45, 2.75) is 6.54 Å². The van der Waals surface area contributed by atoms with E-state index in [0.29, 0.717) is 10.6 Å². The zero-order valence-corrected chi connectivity index (χ0v) is 12.9. The molecule has 2 rings (SSSR count). The van der Waals surface area contributed by atoms with Gasteiger partial charge in [-0.05, 0) is 30.3 Å². The molecule has 0 unspecified atom stereocenters. The average Bonchev–Trinajstić information content (AvgIpc) is 2.48. The molecule has 0 saturated heterocycles. The average molecular weight is 355 g/mol. The molecule has 5 heteroatoms. The highest BCUT2D eigenvalue weighted by Gasteiger charge is 2.16. The zero-order valence-electron chi connectivity index (χ0n) is 10.6. The van der Waals surface area contributed by atoms with Crippen molar-refractivity contribution >= 4 is 39.1 Å². The van der Waals surface area contributed by atoms with Crippen LogP contribution >= 0.6 is 27.5 Å². The van der Waals surface area contributed by atoms with E-state index < -0.39 is 0 Å². The molecule has 3 nitrogen and oxygen atoms in total. The number of benzene rings is 2. The molecule has 0 aliphatic carbocycles. The van der Waals surface area contributed by atoms with E-state index in [1.807, 2.05) is 30.3 Å². The van der Waals surface area contributed by atoms with Crippen molar-refractivity contribution < 1.29 is 9.90 Å². The number of aromatic hydroxyl groups is 1. The van der Waals surface area contributed by atoms with Gasteiger partial charge in [-0.15, -0.1) is 0 Å². The summed E-state index contributed by atoms with van der Waals surface area (Å²) in [4.78, 5) is 13.7. The van der Waals surface area contributed by atoms with Crippen LogP contribution in [0.5, 0.6) is 5.75 Å². The third-order valence-electron chi connectivity index (χ3n) is 2.85. The minimum atomic E-state index is -0.0874. The number of carbonyl (C=O) groups excluding carboxylic acids is 1. The Kier molecular flexibility index (Phi) is 5.04. The summed E-state index contributed by atoms with van der Waals surface area (Å²) in [6, 6.07) is 14.1. The van der Waals surface area contributed by atoms with Crippen LogP contribution < -0.4 is 4.90 Å². The summed E-state index contributed by atoms with van der Waals surface area (Å²) < 4.78 is 0. The number of hydrogen-bond acceptors (Lipinski definition) is 2. The number of hydrogen-bond donors (Lipinski definition) is 1. The fourth-order valence-electron chi connectivity index (χ4n) is 1.85. The molecule has 1 N–H and O–H groups in total. The molecule has 20 heavy (non-hydrogen) atoms. The molecule has 0 aliphatic heterocycles. The van der Waals surface area contributed by atoms with Crippen LogP contribution in [-0.2, 0) is 11.3 Å². The largest absolute Gasteiger partial charge is 0.508 e.